The topological polar surface area (TPSA) is 64.3 Å². The van der Waals surface area contributed by atoms with Gasteiger partial charge in [-0.05, 0) is 30.7 Å². The highest BCUT2D eigenvalue weighted by Crippen LogP contribution is 2.31. The smallest absolute Gasteiger partial charge is 0.272 e. The molecule has 0 aliphatic heterocycles. The summed E-state index contributed by atoms with van der Waals surface area (Å²) in [6.07, 6.45) is 0.772. The summed E-state index contributed by atoms with van der Waals surface area (Å²) in [7, 11) is 1.56. The molecular formula is C15H17ClN2O3. The fraction of sp³-hybridized carbons (Fsp3) is 0.333. The third kappa shape index (κ3) is 3.25. The van der Waals surface area contributed by atoms with Crippen LogP contribution in [0, 0.1) is 0 Å². The molecule has 1 heterocycles. The maximum atomic E-state index is 12.1. The monoisotopic (exact) mass is 308 g/mol. The molecule has 0 saturated heterocycles. The third-order valence-corrected chi connectivity index (χ3v) is 3.33. The van der Waals surface area contributed by atoms with Crippen molar-refractivity contribution in [2.24, 2.45) is 0 Å². The number of aliphatic hydroxyl groups is 1. The molecule has 5 nitrogen and oxygen atoms in total. The lowest BCUT2D eigenvalue weighted by atomic mass is 10.1. The van der Waals surface area contributed by atoms with Crippen LogP contribution in [-0.4, -0.2) is 22.0 Å². The van der Waals surface area contributed by atoms with Crippen molar-refractivity contribution in [2.45, 2.75) is 26.5 Å². The van der Waals surface area contributed by atoms with Gasteiger partial charge in [-0.15, -0.1) is 0 Å². The van der Waals surface area contributed by atoms with Gasteiger partial charge < -0.3 is 9.84 Å². The number of ether oxygens (including phenoxy) is 1. The second-order valence-corrected chi connectivity index (χ2v) is 5.02. The number of aromatic nitrogens is 2. The van der Waals surface area contributed by atoms with Gasteiger partial charge in [0.2, 0.25) is 0 Å². The van der Waals surface area contributed by atoms with Crippen molar-refractivity contribution < 1.29 is 9.84 Å². The van der Waals surface area contributed by atoms with Gasteiger partial charge in [-0.2, -0.15) is 5.10 Å². The fourth-order valence-electron chi connectivity index (χ4n) is 2.09. The third-order valence-electron chi connectivity index (χ3n) is 3.09. The fourth-order valence-corrected chi connectivity index (χ4v) is 2.26. The zero-order chi connectivity index (χ0) is 15.4. The van der Waals surface area contributed by atoms with Gasteiger partial charge in [-0.1, -0.05) is 18.5 Å². The van der Waals surface area contributed by atoms with Gasteiger partial charge in [-0.3, -0.25) is 4.79 Å². The molecule has 0 aliphatic rings. The Balaban J connectivity index is 2.66. The second-order valence-electron chi connectivity index (χ2n) is 4.59. The molecule has 1 N–H and O–H groups in total. The van der Waals surface area contributed by atoms with E-state index in [0.717, 1.165) is 6.42 Å². The van der Waals surface area contributed by atoms with Crippen LogP contribution in [0.2, 0.25) is 5.02 Å². The first kappa shape index (κ1) is 15.5. The Hall–Kier alpha value is -1.85. The molecule has 1 aromatic carbocycles. The van der Waals surface area contributed by atoms with Crippen molar-refractivity contribution in [1.29, 1.82) is 0 Å². The summed E-state index contributed by atoms with van der Waals surface area (Å²) in [5.74, 6) is 0.609. The molecule has 1 aromatic heterocycles. The number of nitrogens with zero attached hydrogens (tertiary/aromatic N) is 2. The van der Waals surface area contributed by atoms with Crippen molar-refractivity contribution in [3.8, 4) is 17.0 Å². The molecule has 21 heavy (non-hydrogen) atoms. The number of aliphatic hydroxyl groups excluding tert-OH is 1. The van der Waals surface area contributed by atoms with Crippen LogP contribution in [-0.2, 0) is 13.2 Å². The number of hydrogen-bond donors (Lipinski definition) is 1. The normalized spacial score (nSPS) is 10.7. The quantitative estimate of drug-likeness (QED) is 0.921. The van der Waals surface area contributed by atoms with Gasteiger partial charge in [0.25, 0.3) is 5.56 Å². The first-order valence-corrected chi connectivity index (χ1v) is 7.04. The molecule has 0 spiro atoms. The van der Waals surface area contributed by atoms with Crippen molar-refractivity contribution in [2.75, 3.05) is 7.11 Å². The molecule has 0 atom stereocenters. The van der Waals surface area contributed by atoms with Crippen molar-refractivity contribution in [3.63, 3.8) is 0 Å². The van der Waals surface area contributed by atoms with Crippen LogP contribution in [0.1, 0.15) is 18.9 Å². The van der Waals surface area contributed by atoms with E-state index in [2.05, 4.69) is 5.10 Å². The van der Waals surface area contributed by atoms with E-state index in [9.17, 15) is 9.90 Å². The summed E-state index contributed by atoms with van der Waals surface area (Å²) in [6.45, 7) is 2.11. The minimum absolute atomic E-state index is 0.274. The van der Waals surface area contributed by atoms with E-state index in [-0.39, 0.29) is 12.2 Å². The second kappa shape index (κ2) is 6.74. The molecule has 2 aromatic rings. The molecule has 6 heteroatoms. The molecule has 0 bridgehead atoms. The molecular weight excluding hydrogens is 292 g/mol. The first-order valence-electron chi connectivity index (χ1n) is 6.66. The van der Waals surface area contributed by atoms with E-state index in [4.69, 9.17) is 16.3 Å². The largest absolute Gasteiger partial charge is 0.496 e. The van der Waals surface area contributed by atoms with Crippen LogP contribution in [0.15, 0.2) is 29.1 Å². The molecule has 0 radical (unpaired) electrons. The Bertz CT molecular complexity index is 698. The van der Waals surface area contributed by atoms with Gasteiger partial charge >= 0.3 is 0 Å². The van der Waals surface area contributed by atoms with Crippen LogP contribution in [0.3, 0.4) is 0 Å². The maximum absolute atomic E-state index is 12.1. The van der Waals surface area contributed by atoms with Gasteiger partial charge in [0.05, 0.1) is 19.4 Å². The number of methoxy groups -OCH3 is 1. The molecule has 0 unspecified atom stereocenters. The lowest BCUT2D eigenvalue weighted by molar-refractivity contribution is 0.278. The maximum Gasteiger partial charge on any atom is 0.272 e. The average Bonchev–Trinajstić information content (AvgIpc) is 2.49. The average molecular weight is 309 g/mol. The predicted octanol–water partition coefficient (Wildman–Crippen LogP) is 2.47. The lowest BCUT2D eigenvalue weighted by Gasteiger charge is -2.12. The van der Waals surface area contributed by atoms with Crippen LogP contribution in [0.25, 0.3) is 11.3 Å². The van der Waals surface area contributed by atoms with Crippen LogP contribution in [0.5, 0.6) is 5.75 Å². The van der Waals surface area contributed by atoms with E-state index < -0.39 is 0 Å². The van der Waals surface area contributed by atoms with Crippen molar-refractivity contribution in [3.05, 3.63) is 45.2 Å². The number of benzene rings is 1. The molecule has 112 valence electrons. The SMILES string of the molecule is CCCn1nc(-c2cc(Cl)ccc2OC)cc(CO)c1=O. The number of aryl methyl sites for hydroxylation is 1. The summed E-state index contributed by atoms with van der Waals surface area (Å²) in [4.78, 5) is 12.1. The zero-order valence-electron chi connectivity index (χ0n) is 12.0. The Kier molecular flexibility index (Phi) is 4.98. The Morgan fingerprint density at radius 2 is 2.14 bits per heavy atom. The van der Waals surface area contributed by atoms with E-state index in [1.165, 1.54) is 4.68 Å². The Morgan fingerprint density at radius 3 is 2.76 bits per heavy atom. The minimum Gasteiger partial charge on any atom is -0.496 e. The highest BCUT2D eigenvalue weighted by Gasteiger charge is 2.13. The first-order chi connectivity index (χ1) is 10.1. The van der Waals surface area contributed by atoms with E-state index in [1.807, 2.05) is 6.92 Å². The van der Waals surface area contributed by atoms with Crippen LogP contribution in [0.4, 0.5) is 0 Å². The molecule has 0 fully saturated rings. The number of rotatable bonds is 5. The van der Waals surface area contributed by atoms with Gasteiger partial charge in [-0.25, -0.2) is 4.68 Å². The Morgan fingerprint density at radius 1 is 1.38 bits per heavy atom. The summed E-state index contributed by atoms with van der Waals surface area (Å²) < 4.78 is 6.67. The summed E-state index contributed by atoms with van der Waals surface area (Å²) >= 11 is 6.03. The van der Waals surface area contributed by atoms with Gasteiger partial charge in [0.1, 0.15) is 5.75 Å². The standard InChI is InChI=1S/C15H17ClN2O3/c1-3-6-18-15(20)10(9-19)7-13(17-18)12-8-11(16)4-5-14(12)21-2/h4-5,7-8,19H,3,6,9H2,1-2H3. The molecule has 0 amide bonds. The molecule has 2 rings (SSSR count). The number of halogens is 1. The highest BCUT2D eigenvalue weighted by atomic mass is 35.5. The number of hydrogen-bond acceptors (Lipinski definition) is 4. The van der Waals surface area contributed by atoms with Crippen LogP contribution >= 0.6 is 11.6 Å². The van der Waals surface area contributed by atoms with Gasteiger partial charge in [0, 0.05) is 22.7 Å². The molecule has 0 saturated carbocycles. The summed E-state index contributed by atoms with van der Waals surface area (Å²) in [5, 5.41) is 14.3. The minimum atomic E-state index is -0.332. The van der Waals surface area contributed by atoms with E-state index >= 15 is 0 Å². The van der Waals surface area contributed by atoms with E-state index in [1.54, 1.807) is 31.4 Å². The lowest BCUT2D eigenvalue weighted by Crippen LogP contribution is -2.26. The van der Waals surface area contributed by atoms with Gasteiger partial charge in [0.15, 0.2) is 0 Å². The van der Waals surface area contributed by atoms with E-state index in [0.29, 0.717) is 34.1 Å². The highest BCUT2D eigenvalue weighted by molar-refractivity contribution is 6.30. The zero-order valence-corrected chi connectivity index (χ0v) is 12.7. The predicted molar refractivity (Wildman–Crippen MR) is 81.7 cm³/mol. The Labute approximate surface area is 127 Å². The molecule has 0 aliphatic carbocycles. The summed E-state index contributed by atoms with van der Waals surface area (Å²) in [6, 6.07) is 6.76. The summed E-state index contributed by atoms with van der Waals surface area (Å²) in [5.41, 5.74) is 1.26. The van der Waals surface area contributed by atoms with Crippen molar-refractivity contribution in [1.82, 2.24) is 9.78 Å². The van der Waals surface area contributed by atoms with Crippen molar-refractivity contribution >= 4 is 11.6 Å². The van der Waals surface area contributed by atoms with Crippen LogP contribution < -0.4 is 10.3 Å².